The maximum atomic E-state index is 14.9. The molecule has 0 spiro atoms. The van der Waals surface area contributed by atoms with Crippen molar-refractivity contribution in [3.63, 3.8) is 0 Å². The normalized spacial score (nSPS) is 13.8. The van der Waals surface area contributed by atoms with Gasteiger partial charge < -0.3 is 90.3 Å². The van der Waals surface area contributed by atoms with Crippen LogP contribution in [0.25, 0.3) is 21.7 Å². The van der Waals surface area contributed by atoms with Crippen LogP contribution in [0.5, 0.6) is 17.2 Å². The number of ether oxygens (including phenoxy) is 8. The summed E-state index contributed by atoms with van der Waals surface area (Å²) in [5.41, 5.74) is 8.49. The zero-order chi connectivity index (χ0) is 67.0. The highest BCUT2D eigenvalue weighted by molar-refractivity contribution is 6.19. The number of aromatic amines is 1. The highest BCUT2D eigenvalue weighted by atomic mass is 35.5. The predicted molar refractivity (Wildman–Crippen MR) is 353 cm³/mol. The number of methoxy groups -OCH3 is 1. The van der Waals surface area contributed by atoms with Gasteiger partial charge in [0.1, 0.15) is 42.3 Å². The molecule has 7 rings (SSSR count). The third kappa shape index (κ3) is 21.6. The Bertz CT molecular complexity index is 3470. The SMILES string of the molecule is COc1cc2[nH]c(C(=O)N3CC(CCl)c4c3cc(OC(C(=O)NCCOCCOCCOCCNC(=O)OC(C)(C)C)c3ccc(NC(=O)C(CCCNC(N)=O)NC(=O)C(NC(=O)OCc5ccccc5)C(C)C)cc3)c3ccccc43)cc2cc1OCCN(C)C. The molecular formula is C67H87ClN10O15. The van der Waals surface area contributed by atoms with Gasteiger partial charge in [-0.1, -0.05) is 80.6 Å². The van der Waals surface area contributed by atoms with Gasteiger partial charge in [0, 0.05) is 84.2 Å². The number of aromatic nitrogens is 1. The Morgan fingerprint density at radius 1 is 0.720 bits per heavy atom. The molecule has 1 aliphatic heterocycles. The van der Waals surface area contributed by atoms with Gasteiger partial charge in [0.25, 0.3) is 11.8 Å². The molecule has 6 aromatic rings. The number of anilines is 2. The number of urea groups is 1. The lowest BCUT2D eigenvalue weighted by atomic mass is 9.95. The number of nitrogens with one attached hydrogen (secondary N) is 7. The number of nitrogens with two attached hydrogens (primary N) is 1. The van der Waals surface area contributed by atoms with Crippen LogP contribution in [-0.2, 0) is 44.7 Å². The summed E-state index contributed by atoms with van der Waals surface area (Å²) in [6.45, 7) is 12.1. The minimum absolute atomic E-state index is 0.0271. The van der Waals surface area contributed by atoms with Crippen molar-refractivity contribution in [1.82, 2.24) is 36.5 Å². The molecule has 4 atom stereocenters. The zero-order valence-corrected chi connectivity index (χ0v) is 54.7. The molecule has 4 unspecified atom stereocenters. The Labute approximate surface area is 546 Å². The number of hydrogen-bond donors (Lipinski definition) is 8. The van der Waals surface area contributed by atoms with E-state index in [4.69, 9.17) is 55.2 Å². The number of hydrogen-bond acceptors (Lipinski definition) is 16. The van der Waals surface area contributed by atoms with E-state index < -0.39 is 65.6 Å². The molecule has 1 aromatic heterocycles. The number of fused-ring (bicyclic) bond motifs is 4. The van der Waals surface area contributed by atoms with Crippen molar-refractivity contribution in [2.24, 2.45) is 11.7 Å². The Morgan fingerprint density at radius 2 is 1.39 bits per heavy atom. The Hall–Kier alpha value is -8.88. The first-order chi connectivity index (χ1) is 44.6. The first kappa shape index (κ1) is 71.6. The number of primary amides is 1. The first-order valence-corrected chi connectivity index (χ1v) is 31.4. The van der Waals surface area contributed by atoms with Crippen molar-refractivity contribution in [1.29, 1.82) is 0 Å². The van der Waals surface area contributed by atoms with Gasteiger partial charge in [-0.2, -0.15) is 0 Å². The second-order valence-electron chi connectivity index (χ2n) is 23.6. The maximum absolute atomic E-state index is 14.9. The third-order valence-electron chi connectivity index (χ3n) is 14.7. The molecule has 25 nitrogen and oxygen atoms in total. The average Bonchev–Trinajstić information content (AvgIpc) is 1.63. The zero-order valence-electron chi connectivity index (χ0n) is 54.0. The summed E-state index contributed by atoms with van der Waals surface area (Å²) in [5.74, 6) is -1.28. The number of amides is 8. The van der Waals surface area contributed by atoms with E-state index in [0.717, 1.165) is 21.9 Å². The summed E-state index contributed by atoms with van der Waals surface area (Å²) in [4.78, 5) is 101. The number of H-pyrrole nitrogens is 1. The number of nitrogens with zero attached hydrogens (tertiary/aromatic N) is 2. The number of halogens is 1. The van der Waals surface area contributed by atoms with Crippen molar-refractivity contribution in [3.05, 3.63) is 126 Å². The van der Waals surface area contributed by atoms with E-state index >= 15 is 0 Å². The third-order valence-corrected chi connectivity index (χ3v) is 15.1. The van der Waals surface area contributed by atoms with Crippen LogP contribution in [0.3, 0.4) is 0 Å². The number of rotatable bonds is 35. The van der Waals surface area contributed by atoms with E-state index in [9.17, 15) is 33.6 Å². The van der Waals surface area contributed by atoms with Crippen molar-refractivity contribution in [3.8, 4) is 17.2 Å². The number of alkyl carbamates (subject to hydrolysis) is 2. The average molecular weight is 1310 g/mol. The minimum atomic E-state index is -1.32. The molecule has 9 N–H and O–H groups in total. The van der Waals surface area contributed by atoms with Crippen molar-refractivity contribution < 1.29 is 71.5 Å². The number of likely N-dealkylation sites (N-methyl/N-ethyl adjacent to an activating group) is 1. The summed E-state index contributed by atoms with van der Waals surface area (Å²) in [5, 5.41) is 18.5. The van der Waals surface area contributed by atoms with E-state index in [1.807, 2.05) is 67.5 Å². The van der Waals surface area contributed by atoms with Crippen LogP contribution in [0.1, 0.15) is 86.7 Å². The van der Waals surface area contributed by atoms with E-state index in [0.29, 0.717) is 64.8 Å². The Balaban J connectivity index is 1.10. The number of benzene rings is 5. The minimum Gasteiger partial charge on any atom is -0.493 e. The van der Waals surface area contributed by atoms with Crippen molar-refractivity contribution in [2.75, 3.05) is 116 Å². The molecule has 1 aliphatic rings. The van der Waals surface area contributed by atoms with E-state index in [2.05, 4.69) is 36.9 Å². The summed E-state index contributed by atoms with van der Waals surface area (Å²) in [6, 6.07) is 27.2. The Morgan fingerprint density at radius 3 is 2.03 bits per heavy atom. The maximum Gasteiger partial charge on any atom is 0.408 e. The lowest BCUT2D eigenvalue weighted by molar-refractivity contribution is -0.128. The summed E-state index contributed by atoms with van der Waals surface area (Å²) in [6.07, 6.45) is -2.37. The Kier molecular flexibility index (Phi) is 27.1. The lowest BCUT2D eigenvalue weighted by Gasteiger charge is -2.25. The second kappa shape index (κ2) is 35.2. The molecule has 8 amide bonds. The van der Waals surface area contributed by atoms with Gasteiger partial charge in [-0.3, -0.25) is 19.2 Å². The summed E-state index contributed by atoms with van der Waals surface area (Å²) in [7, 11) is 5.47. The summed E-state index contributed by atoms with van der Waals surface area (Å²) < 4.78 is 46.2. The van der Waals surface area contributed by atoms with Crippen molar-refractivity contribution >= 4 is 86.5 Å². The van der Waals surface area contributed by atoms with Crippen molar-refractivity contribution in [2.45, 2.75) is 83.8 Å². The van der Waals surface area contributed by atoms with Gasteiger partial charge in [-0.25, -0.2) is 14.4 Å². The fourth-order valence-corrected chi connectivity index (χ4v) is 10.4. The van der Waals surface area contributed by atoms with Crippen LogP contribution >= 0.6 is 11.6 Å². The predicted octanol–water partition coefficient (Wildman–Crippen LogP) is 7.89. The van der Waals surface area contributed by atoms with Crippen LogP contribution in [0.15, 0.2) is 103 Å². The molecular weight excluding hydrogens is 1220 g/mol. The van der Waals surface area contributed by atoms with Gasteiger partial charge in [0.2, 0.25) is 17.9 Å². The van der Waals surface area contributed by atoms with Gasteiger partial charge >= 0.3 is 18.2 Å². The van der Waals surface area contributed by atoms with Gasteiger partial charge in [-0.15, -0.1) is 11.6 Å². The molecule has 2 heterocycles. The molecule has 502 valence electrons. The number of carbonyl (C=O) groups is 7. The van der Waals surface area contributed by atoms with Crippen LogP contribution in [0.2, 0.25) is 0 Å². The smallest absolute Gasteiger partial charge is 0.408 e. The van der Waals surface area contributed by atoms with Crippen LogP contribution in [0, 0.1) is 5.92 Å². The first-order valence-electron chi connectivity index (χ1n) is 30.9. The van der Waals surface area contributed by atoms with Gasteiger partial charge in [0.15, 0.2) is 11.5 Å². The number of carbonyl (C=O) groups excluding carboxylic acids is 7. The fourth-order valence-electron chi connectivity index (χ4n) is 10.1. The van der Waals surface area contributed by atoms with E-state index in [1.165, 1.54) is 0 Å². The molecule has 0 saturated heterocycles. The molecule has 0 bridgehead atoms. The molecule has 0 saturated carbocycles. The fraction of sp³-hybridized carbons (Fsp3) is 0.448. The topological polar surface area (TPSA) is 314 Å². The number of alkyl halides is 1. The lowest BCUT2D eigenvalue weighted by Crippen LogP contribution is -2.54. The van der Waals surface area contributed by atoms with Gasteiger partial charge in [0.05, 0.1) is 52.4 Å². The van der Waals surface area contributed by atoms with Gasteiger partial charge in [-0.05, 0) is 94.4 Å². The highest BCUT2D eigenvalue weighted by Gasteiger charge is 2.37. The summed E-state index contributed by atoms with van der Waals surface area (Å²) >= 11 is 6.73. The second-order valence-corrected chi connectivity index (χ2v) is 23.9. The quantitative estimate of drug-likeness (QED) is 0.0139. The molecule has 0 radical (unpaired) electrons. The van der Waals surface area contributed by atoms with E-state index in [-0.39, 0.29) is 102 Å². The molecule has 0 aliphatic carbocycles. The van der Waals surface area contributed by atoms with E-state index in [1.54, 1.807) is 101 Å². The largest absolute Gasteiger partial charge is 0.493 e. The molecule has 26 heteroatoms. The van der Waals surface area contributed by atoms with Crippen LogP contribution in [0.4, 0.5) is 25.8 Å². The monoisotopic (exact) mass is 1310 g/mol. The highest BCUT2D eigenvalue weighted by Crippen LogP contribution is 2.47. The van der Waals surface area contributed by atoms with Crippen LogP contribution in [-0.4, -0.2) is 175 Å². The van der Waals surface area contributed by atoms with Crippen LogP contribution < -0.4 is 56.7 Å². The molecule has 0 fully saturated rings. The standard InChI is InChI=1S/C67H87ClN10O15/c1-42(2)58(76-66(85)91-41-43-15-10-9-11-16-43)61(80)75-50(19-14-24-71-64(69)83)60(79)73-47-22-20-44(21-23-47)59(62(81)70-25-28-87-31-33-89-34-32-88-29-26-72-65(84)93-67(3,4)5)92-54-38-53-57(49-18-13-12-17-48(49)54)46(39-68)40-78(53)63(82)52-35-45-36-56(90-30-27-77(6)7)55(86-8)37-51(45)74-52/h9-13,15-18,20-23,35-38,42,46,50,58-59,74H,14,19,24-34,39-41H2,1-8H3,(H,70,81)(H,72,84)(H,73,79)(H,75,80)(H,76,85)(H3,69,71,83). The molecule has 93 heavy (non-hydrogen) atoms. The molecule has 5 aromatic carbocycles.